The predicted octanol–water partition coefficient (Wildman–Crippen LogP) is 2.51. The molecule has 1 heterocycles. The molecule has 2 rings (SSSR count). The summed E-state index contributed by atoms with van der Waals surface area (Å²) in [6.07, 6.45) is 2.60. The first kappa shape index (κ1) is 17.8. The summed E-state index contributed by atoms with van der Waals surface area (Å²) in [6, 6.07) is 6.87. The molecule has 0 aromatic heterocycles. The topological polar surface area (TPSA) is 63.7 Å². The van der Waals surface area contributed by atoms with Gasteiger partial charge < -0.3 is 9.64 Å². The lowest BCUT2D eigenvalue weighted by molar-refractivity contribution is 0.0708. The van der Waals surface area contributed by atoms with E-state index in [1.165, 1.54) is 0 Å². The first-order chi connectivity index (χ1) is 11.0. The fraction of sp³-hybridized carbons (Fsp3) is 0.588. The van der Waals surface area contributed by atoms with Crippen LogP contribution in [0.25, 0.3) is 0 Å². The Morgan fingerprint density at radius 3 is 2.48 bits per heavy atom. The smallest absolute Gasteiger partial charge is 0.254 e. The summed E-state index contributed by atoms with van der Waals surface area (Å²) in [4.78, 5) is 14.3. The monoisotopic (exact) mass is 339 g/mol. The zero-order chi connectivity index (χ0) is 16.9. The fourth-order valence-corrected chi connectivity index (χ4v) is 4.51. The molecule has 0 spiro atoms. The van der Waals surface area contributed by atoms with Crippen LogP contribution in [0, 0.1) is 0 Å². The number of amides is 1. The lowest BCUT2D eigenvalue weighted by Gasteiger charge is -2.27. The van der Waals surface area contributed by atoms with E-state index in [4.69, 9.17) is 4.74 Å². The van der Waals surface area contributed by atoms with Gasteiger partial charge in [0.05, 0.1) is 18.1 Å². The van der Waals surface area contributed by atoms with E-state index in [1.54, 1.807) is 29.2 Å². The number of sulfone groups is 1. The molecule has 1 amide bonds. The standard InChI is InChI=1S/C17H25NO4S/c1-3-5-11-22-16-8-6-14(7-9-16)17(19)18(4-2)15-10-12-23(20,21)13-15/h6-9,15H,3-5,10-13H2,1-2H3/t15-/m1/s1. The largest absolute Gasteiger partial charge is 0.494 e. The van der Waals surface area contributed by atoms with Crippen molar-refractivity contribution in [3.05, 3.63) is 29.8 Å². The molecule has 0 N–H and O–H groups in total. The fourth-order valence-electron chi connectivity index (χ4n) is 2.78. The zero-order valence-corrected chi connectivity index (χ0v) is 14.6. The molecule has 23 heavy (non-hydrogen) atoms. The summed E-state index contributed by atoms with van der Waals surface area (Å²) >= 11 is 0. The number of unbranched alkanes of at least 4 members (excludes halogenated alkanes) is 1. The third-order valence-electron chi connectivity index (χ3n) is 4.12. The lowest BCUT2D eigenvalue weighted by atomic mass is 10.1. The third-order valence-corrected chi connectivity index (χ3v) is 5.87. The second-order valence-corrected chi connectivity index (χ2v) is 8.10. The average molecular weight is 339 g/mol. The van der Waals surface area contributed by atoms with Crippen LogP contribution < -0.4 is 4.74 Å². The van der Waals surface area contributed by atoms with Gasteiger partial charge in [0.2, 0.25) is 0 Å². The van der Waals surface area contributed by atoms with E-state index in [9.17, 15) is 13.2 Å². The van der Waals surface area contributed by atoms with Crippen molar-refractivity contribution >= 4 is 15.7 Å². The van der Waals surface area contributed by atoms with Crippen molar-refractivity contribution in [3.63, 3.8) is 0 Å². The van der Waals surface area contributed by atoms with Crippen LogP contribution in [-0.2, 0) is 9.84 Å². The second kappa shape index (κ2) is 7.81. The Labute approximate surface area is 138 Å². The molecule has 1 aromatic carbocycles. The molecule has 6 heteroatoms. The minimum atomic E-state index is -3.00. The summed E-state index contributed by atoms with van der Waals surface area (Å²) in [5.41, 5.74) is 0.569. The van der Waals surface area contributed by atoms with Crippen LogP contribution in [0.15, 0.2) is 24.3 Å². The highest BCUT2D eigenvalue weighted by Crippen LogP contribution is 2.21. The number of carbonyl (C=O) groups excluding carboxylic acids is 1. The van der Waals surface area contributed by atoms with Gasteiger partial charge in [-0.3, -0.25) is 4.79 Å². The molecule has 0 unspecified atom stereocenters. The molecule has 5 nitrogen and oxygen atoms in total. The van der Waals surface area contributed by atoms with Crippen molar-refractivity contribution in [1.29, 1.82) is 0 Å². The number of nitrogens with zero attached hydrogens (tertiary/aromatic N) is 1. The van der Waals surface area contributed by atoms with Gasteiger partial charge in [-0.1, -0.05) is 13.3 Å². The summed E-state index contributed by atoms with van der Waals surface area (Å²) < 4.78 is 28.9. The minimum Gasteiger partial charge on any atom is -0.494 e. The molecular formula is C17H25NO4S. The predicted molar refractivity (Wildman–Crippen MR) is 90.6 cm³/mol. The van der Waals surface area contributed by atoms with Gasteiger partial charge in [-0.05, 0) is 44.0 Å². The molecule has 0 bridgehead atoms. The number of ether oxygens (including phenoxy) is 1. The molecule has 1 saturated heterocycles. The van der Waals surface area contributed by atoms with E-state index in [-0.39, 0.29) is 23.5 Å². The van der Waals surface area contributed by atoms with Crippen molar-refractivity contribution in [2.45, 2.75) is 39.2 Å². The molecule has 0 radical (unpaired) electrons. The highest BCUT2D eigenvalue weighted by Gasteiger charge is 2.34. The Kier molecular flexibility index (Phi) is 6.04. The molecule has 1 aliphatic rings. The Balaban J connectivity index is 2.03. The van der Waals surface area contributed by atoms with E-state index in [0.29, 0.717) is 25.1 Å². The average Bonchev–Trinajstić information content (AvgIpc) is 2.89. The summed E-state index contributed by atoms with van der Waals surface area (Å²) in [5, 5.41) is 0. The molecule has 1 fully saturated rings. The Hall–Kier alpha value is -1.56. The first-order valence-electron chi connectivity index (χ1n) is 8.21. The summed E-state index contributed by atoms with van der Waals surface area (Å²) in [7, 11) is -3.00. The molecule has 0 aliphatic carbocycles. The van der Waals surface area contributed by atoms with E-state index < -0.39 is 9.84 Å². The Bertz CT molecular complexity index is 624. The van der Waals surface area contributed by atoms with E-state index in [0.717, 1.165) is 18.6 Å². The van der Waals surface area contributed by atoms with Crippen LogP contribution in [0.1, 0.15) is 43.5 Å². The quantitative estimate of drug-likeness (QED) is 0.716. The number of hydrogen-bond acceptors (Lipinski definition) is 4. The van der Waals surface area contributed by atoms with E-state index in [1.807, 2.05) is 6.92 Å². The molecule has 0 saturated carbocycles. The van der Waals surface area contributed by atoms with Crippen LogP contribution in [0.2, 0.25) is 0 Å². The molecule has 1 aliphatic heterocycles. The zero-order valence-electron chi connectivity index (χ0n) is 13.8. The van der Waals surface area contributed by atoms with Crippen molar-refractivity contribution in [2.24, 2.45) is 0 Å². The molecule has 1 aromatic rings. The Morgan fingerprint density at radius 2 is 1.96 bits per heavy atom. The van der Waals surface area contributed by atoms with Gasteiger partial charge in [0, 0.05) is 18.2 Å². The number of benzene rings is 1. The highest BCUT2D eigenvalue weighted by atomic mass is 32.2. The van der Waals surface area contributed by atoms with Gasteiger partial charge in [-0.15, -0.1) is 0 Å². The van der Waals surface area contributed by atoms with Crippen molar-refractivity contribution in [3.8, 4) is 5.75 Å². The van der Waals surface area contributed by atoms with Crippen molar-refractivity contribution in [2.75, 3.05) is 24.7 Å². The van der Waals surface area contributed by atoms with Crippen molar-refractivity contribution in [1.82, 2.24) is 4.90 Å². The number of carbonyl (C=O) groups is 1. The highest BCUT2D eigenvalue weighted by molar-refractivity contribution is 7.91. The van der Waals surface area contributed by atoms with Gasteiger partial charge in [0.1, 0.15) is 5.75 Å². The van der Waals surface area contributed by atoms with Crippen LogP contribution >= 0.6 is 0 Å². The normalized spacial score (nSPS) is 19.5. The van der Waals surface area contributed by atoms with Gasteiger partial charge >= 0.3 is 0 Å². The van der Waals surface area contributed by atoms with Gasteiger partial charge in [-0.2, -0.15) is 0 Å². The van der Waals surface area contributed by atoms with Crippen LogP contribution in [0.5, 0.6) is 5.75 Å². The maximum atomic E-state index is 12.6. The van der Waals surface area contributed by atoms with Crippen LogP contribution in [0.4, 0.5) is 0 Å². The van der Waals surface area contributed by atoms with Crippen LogP contribution in [-0.4, -0.2) is 49.9 Å². The summed E-state index contributed by atoms with van der Waals surface area (Å²) in [6.45, 7) is 5.16. The number of rotatable bonds is 7. The minimum absolute atomic E-state index is 0.0742. The second-order valence-electron chi connectivity index (χ2n) is 5.87. The van der Waals surface area contributed by atoms with E-state index >= 15 is 0 Å². The molecule has 1 atom stereocenters. The maximum Gasteiger partial charge on any atom is 0.254 e. The Morgan fingerprint density at radius 1 is 1.26 bits per heavy atom. The SMILES string of the molecule is CCCCOc1ccc(C(=O)N(CC)[C@@H]2CCS(=O)(=O)C2)cc1. The van der Waals surface area contributed by atoms with E-state index in [2.05, 4.69) is 6.92 Å². The first-order valence-corrected chi connectivity index (χ1v) is 10.0. The number of hydrogen-bond donors (Lipinski definition) is 0. The van der Waals surface area contributed by atoms with Gasteiger partial charge in [-0.25, -0.2) is 8.42 Å². The third kappa shape index (κ3) is 4.70. The van der Waals surface area contributed by atoms with Crippen molar-refractivity contribution < 1.29 is 17.9 Å². The van der Waals surface area contributed by atoms with Crippen LogP contribution in [0.3, 0.4) is 0 Å². The van der Waals surface area contributed by atoms with Gasteiger partial charge in [0.25, 0.3) is 5.91 Å². The van der Waals surface area contributed by atoms with Gasteiger partial charge in [0.15, 0.2) is 9.84 Å². The summed E-state index contributed by atoms with van der Waals surface area (Å²) in [5.74, 6) is 0.882. The maximum absolute atomic E-state index is 12.6. The molecular weight excluding hydrogens is 314 g/mol. The lowest BCUT2D eigenvalue weighted by Crippen LogP contribution is -2.40. The molecule has 128 valence electrons.